The molecule has 0 aliphatic heterocycles. The summed E-state index contributed by atoms with van der Waals surface area (Å²) in [5.41, 5.74) is 0. The molecule has 0 unspecified atom stereocenters. The first kappa shape index (κ1) is 12.0. The second-order valence-electron chi connectivity index (χ2n) is 1.61. The van der Waals surface area contributed by atoms with E-state index in [1.54, 1.807) is 0 Å². The fraction of sp³-hybridized carbons (Fsp3) is 0.571. The minimum atomic E-state index is 0. The van der Waals surface area contributed by atoms with Gasteiger partial charge in [-0.05, 0) is 0 Å². The van der Waals surface area contributed by atoms with Gasteiger partial charge >= 0.3 is 51.4 Å². The van der Waals surface area contributed by atoms with Crippen LogP contribution in [0.2, 0.25) is 0 Å². The van der Waals surface area contributed by atoms with Crippen molar-refractivity contribution >= 4 is 0 Å². The summed E-state index contributed by atoms with van der Waals surface area (Å²) in [6, 6.07) is 0. The van der Waals surface area contributed by atoms with Crippen molar-refractivity contribution < 1.29 is 51.4 Å². The maximum Gasteiger partial charge on any atom is 1.00 e. The molecule has 0 aromatic carbocycles. The van der Waals surface area contributed by atoms with E-state index in [2.05, 4.69) is 19.9 Å². The molecule has 0 atom stereocenters. The van der Waals surface area contributed by atoms with Gasteiger partial charge in [-0.1, -0.05) is 19.8 Å². The zero-order valence-corrected chi connectivity index (χ0v) is 9.11. The molecule has 0 aliphatic carbocycles. The Balaban J connectivity index is 0. The van der Waals surface area contributed by atoms with Crippen molar-refractivity contribution in [3.05, 3.63) is 19.1 Å². The van der Waals surface area contributed by atoms with Crippen LogP contribution < -0.4 is 51.4 Å². The Labute approximate surface area is 95.2 Å². The Kier molecular flexibility index (Phi) is 16.6. The van der Waals surface area contributed by atoms with Crippen LogP contribution in [-0.2, 0) is 0 Å². The van der Waals surface area contributed by atoms with Gasteiger partial charge in [0.2, 0.25) is 0 Å². The Morgan fingerprint density at radius 3 is 2.50 bits per heavy atom. The third-order valence-electron chi connectivity index (χ3n) is 0.891. The quantitative estimate of drug-likeness (QED) is 0.281. The van der Waals surface area contributed by atoms with Gasteiger partial charge in [0.15, 0.2) is 0 Å². The average Bonchev–Trinajstić information content (AvgIpc) is 1.69. The van der Waals surface area contributed by atoms with Crippen LogP contribution in [0.5, 0.6) is 0 Å². The Bertz CT molecular complexity index is 48.3. The van der Waals surface area contributed by atoms with Crippen LogP contribution in [-0.4, -0.2) is 0 Å². The molecule has 0 fully saturated rings. The van der Waals surface area contributed by atoms with E-state index in [1.807, 2.05) is 6.08 Å². The van der Waals surface area contributed by atoms with E-state index in [4.69, 9.17) is 0 Å². The van der Waals surface area contributed by atoms with Gasteiger partial charge in [0.25, 0.3) is 0 Å². The van der Waals surface area contributed by atoms with Crippen molar-refractivity contribution in [1.82, 2.24) is 0 Å². The number of rotatable bonds is 3. The summed E-state index contributed by atoms with van der Waals surface area (Å²) in [7, 11) is 0. The SMILES string of the molecule is [CH2-]C=CCCCC.[K+]. The maximum absolute atomic E-state index is 3.58. The number of hydrogen-bond acceptors (Lipinski definition) is 0. The van der Waals surface area contributed by atoms with Gasteiger partial charge in [0, 0.05) is 0 Å². The summed E-state index contributed by atoms with van der Waals surface area (Å²) >= 11 is 0. The largest absolute Gasteiger partial charge is 1.00 e. The van der Waals surface area contributed by atoms with Crippen LogP contribution in [0, 0.1) is 6.92 Å². The summed E-state index contributed by atoms with van der Waals surface area (Å²) in [5, 5.41) is 0. The monoisotopic (exact) mass is 136 g/mol. The minimum Gasteiger partial charge on any atom is -0.245 e. The number of hydrogen-bond donors (Lipinski definition) is 0. The van der Waals surface area contributed by atoms with Gasteiger partial charge in [0.1, 0.15) is 0 Å². The summed E-state index contributed by atoms with van der Waals surface area (Å²) in [5.74, 6) is 0. The molecule has 0 bridgehead atoms. The molecule has 0 aliphatic rings. The average molecular weight is 136 g/mol. The van der Waals surface area contributed by atoms with E-state index in [-0.39, 0.29) is 51.4 Å². The van der Waals surface area contributed by atoms with E-state index >= 15 is 0 Å². The maximum atomic E-state index is 3.58. The zero-order valence-electron chi connectivity index (χ0n) is 5.98. The summed E-state index contributed by atoms with van der Waals surface area (Å²) in [6.45, 7) is 5.77. The normalized spacial score (nSPS) is 9.12. The predicted molar refractivity (Wildman–Crippen MR) is 34.0 cm³/mol. The summed E-state index contributed by atoms with van der Waals surface area (Å²) < 4.78 is 0. The van der Waals surface area contributed by atoms with Crippen molar-refractivity contribution in [3.63, 3.8) is 0 Å². The Morgan fingerprint density at radius 2 is 2.12 bits per heavy atom. The van der Waals surface area contributed by atoms with E-state index in [1.165, 1.54) is 19.3 Å². The van der Waals surface area contributed by atoms with Crippen LogP contribution >= 0.6 is 0 Å². The number of unbranched alkanes of at least 4 members (excludes halogenated alkanes) is 2. The minimum absolute atomic E-state index is 0. The summed E-state index contributed by atoms with van der Waals surface area (Å²) in [6.07, 6.45) is 7.73. The predicted octanol–water partition coefficient (Wildman–Crippen LogP) is -0.429. The number of allylic oxidation sites excluding steroid dienone is 2. The second-order valence-corrected chi connectivity index (χ2v) is 1.61. The van der Waals surface area contributed by atoms with Gasteiger partial charge in [-0.3, -0.25) is 0 Å². The molecule has 0 amide bonds. The fourth-order valence-electron chi connectivity index (χ4n) is 0.440. The fourth-order valence-corrected chi connectivity index (χ4v) is 0.440. The molecule has 8 heavy (non-hydrogen) atoms. The molecule has 42 valence electrons. The van der Waals surface area contributed by atoms with Crippen LogP contribution in [0.15, 0.2) is 12.2 Å². The molecule has 0 radical (unpaired) electrons. The van der Waals surface area contributed by atoms with Gasteiger partial charge in [-0.15, -0.1) is 6.42 Å². The van der Waals surface area contributed by atoms with Gasteiger partial charge in [-0.25, -0.2) is 19.1 Å². The summed E-state index contributed by atoms with van der Waals surface area (Å²) in [4.78, 5) is 0. The molecular weight excluding hydrogens is 123 g/mol. The molecule has 0 N–H and O–H groups in total. The van der Waals surface area contributed by atoms with Gasteiger partial charge in [0.05, 0.1) is 0 Å². The molecule has 1 heteroatoms. The second kappa shape index (κ2) is 11.1. The molecule has 0 aromatic rings. The van der Waals surface area contributed by atoms with Crippen molar-refractivity contribution in [2.45, 2.75) is 26.2 Å². The van der Waals surface area contributed by atoms with Crippen molar-refractivity contribution in [1.29, 1.82) is 0 Å². The molecule has 0 heterocycles. The molecule has 0 saturated carbocycles. The Morgan fingerprint density at radius 1 is 1.50 bits per heavy atom. The Hall–Kier alpha value is 1.25. The zero-order chi connectivity index (χ0) is 5.54. The van der Waals surface area contributed by atoms with Crippen LogP contribution in [0.1, 0.15) is 26.2 Å². The van der Waals surface area contributed by atoms with Crippen molar-refractivity contribution in [3.8, 4) is 0 Å². The molecule has 0 saturated heterocycles. The molecule has 0 aromatic heterocycles. The standard InChI is InChI=1S/C7H13.K/c1-3-5-7-6-4-2;/h3,5H,1,4,6-7H2,2H3;/q-1;+1. The third-order valence-corrected chi connectivity index (χ3v) is 0.891. The smallest absolute Gasteiger partial charge is 0.245 e. The molecular formula is C7H13K. The van der Waals surface area contributed by atoms with Crippen LogP contribution in [0.25, 0.3) is 0 Å². The first-order chi connectivity index (χ1) is 3.41. The first-order valence-corrected chi connectivity index (χ1v) is 2.86. The van der Waals surface area contributed by atoms with Crippen molar-refractivity contribution in [2.75, 3.05) is 0 Å². The molecule has 0 spiro atoms. The van der Waals surface area contributed by atoms with Gasteiger partial charge in [-0.2, -0.15) is 0 Å². The van der Waals surface area contributed by atoms with Crippen LogP contribution in [0.3, 0.4) is 0 Å². The van der Waals surface area contributed by atoms with Crippen molar-refractivity contribution in [2.24, 2.45) is 0 Å². The van der Waals surface area contributed by atoms with E-state index in [9.17, 15) is 0 Å². The topological polar surface area (TPSA) is 0 Å². The van der Waals surface area contributed by atoms with Crippen LogP contribution in [0.4, 0.5) is 0 Å². The molecule has 0 rings (SSSR count). The third kappa shape index (κ3) is 10.3. The first-order valence-electron chi connectivity index (χ1n) is 2.86. The van der Waals surface area contributed by atoms with Gasteiger partial charge < -0.3 is 0 Å². The molecule has 0 nitrogen and oxygen atoms in total. The van der Waals surface area contributed by atoms with E-state index in [0.717, 1.165) is 0 Å². The van der Waals surface area contributed by atoms with E-state index in [0.29, 0.717) is 0 Å². The van der Waals surface area contributed by atoms with E-state index < -0.39 is 0 Å².